The van der Waals surface area contributed by atoms with Gasteiger partial charge in [0.2, 0.25) is 0 Å². The molecule has 2 aromatic carbocycles. The monoisotopic (exact) mass is 361 g/mol. The van der Waals surface area contributed by atoms with E-state index in [0.29, 0.717) is 11.8 Å². The molecule has 2 rings (SSSR count). The van der Waals surface area contributed by atoms with Gasteiger partial charge < -0.3 is 10.6 Å². The molecule has 3 N–H and O–H groups in total. The number of nitrogens with one attached hydrogen (secondary N) is 1. The van der Waals surface area contributed by atoms with Gasteiger partial charge in [0.25, 0.3) is 5.91 Å². The third kappa shape index (κ3) is 5.11. The van der Waals surface area contributed by atoms with Crippen molar-refractivity contribution in [2.45, 2.75) is 39.7 Å². The second kappa shape index (κ2) is 8.90. The number of hydrogen-bond acceptors (Lipinski definition) is 1. The fourth-order valence-electron chi connectivity index (χ4n) is 2.94. The molecule has 0 unspecified atom stereocenters. The van der Waals surface area contributed by atoms with Crippen LogP contribution in [-0.2, 0) is 4.79 Å². The molecule has 2 aromatic rings. The van der Waals surface area contributed by atoms with E-state index >= 15 is 0 Å². The summed E-state index contributed by atoms with van der Waals surface area (Å²) in [4.78, 5) is 12.1. The first-order valence-corrected chi connectivity index (χ1v) is 8.96. The second-order valence-corrected chi connectivity index (χ2v) is 7.18. The van der Waals surface area contributed by atoms with Crippen LogP contribution in [0, 0.1) is 17.6 Å². The number of quaternary nitrogens is 1. The summed E-state index contributed by atoms with van der Waals surface area (Å²) < 4.78 is 27.3. The van der Waals surface area contributed by atoms with Crippen LogP contribution in [0.15, 0.2) is 42.5 Å². The van der Waals surface area contributed by atoms with Crippen LogP contribution >= 0.6 is 0 Å². The van der Waals surface area contributed by atoms with Gasteiger partial charge in [-0.1, -0.05) is 58.0 Å². The molecule has 0 heterocycles. The largest absolute Gasteiger partial charge is 0.332 e. The summed E-state index contributed by atoms with van der Waals surface area (Å²) in [5, 5.41) is 4.23. The number of anilines is 1. The molecule has 0 saturated heterocycles. The van der Waals surface area contributed by atoms with Crippen LogP contribution in [0.3, 0.4) is 0 Å². The SMILES string of the molecule is CC(C)c1ccc([C@H]([NH2+]CC(=O)Nc2c(F)cccc2F)C(C)C)cc1. The highest BCUT2D eigenvalue weighted by molar-refractivity contribution is 5.91. The number of hydrogen-bond donors (Lipinski definition) is 2. The summed E-state index contributed by atoms with van der Waals surface area (Å²) in [7, 11) is 0. The summed E-state index contributed by atoms with van der Waals surface area (Å²) >= 11 is 0. The van der Waals surface area contributed by atoms with Gasteiger partial charge in [0, 0.05) is 11.5 Å². The number of para-hydroxylation sites is 1. The highest BCUT2D eigenvalue weighted by Gasteiger charge is 2.21. The van der Waals surface area contributed by atoms with Gasteiger partial charge in [0.05, 0.1) is 0 Å². The molecular weight excluding hydrogens is 334 g/mol. The van der Waals surface area contributed by atoms with Crippen LogP contribution in [-0.4, -0.2) is 12.5 Å². The van der Waals surface area contributed by atoms with Crippen molar-refractivity contribution in [3.8, 4) is 0 Å². The fourth-order valence-corrected chi connectivity index (χ4v) is 2.94. The molecule has 26 heavy (non-hydrogen) atoms. The predicted octanol–water partition coefficient (Wildman–Crippen LogP) is 3.99. The molecule has 0 aliphatic rings. The van der Waals surface area contributed by atoms with Gasteiger partial charge in [-0.2, -0.15) is 0 Å². The highest BCUT2D eigenvalue weighted by Crippen LogP contribution is 2.21. The first-order chi connectivity index (χ1) is 12.3. The average molecular weight is 361 g/mol. The zero-order chi connectivity index (χ0) is 19.3. The molecule has 0 aliphatic carbocycles. The number of carbonyl (C=O) groups is 1. The zero-order valence-electron chi connectivity index (χ0n) is 15.7. The van der Waals surface area contributed by atoms with Crippen LogP contribution in [0.25, 0.3) is 0 Å². The Morgan fingerprint density at radius 2 is 1.50 bits per heavy atom. The van der Waals surface area contributed by atoms with E-state index in [0.717, 1.165) is 17.7 Å². The summed E-state index contributed by atoms with van der Waals surface area (Å²) in [6, 6.07) is 12.0. The lowest BCUT2D eigenvalue weighted by atomic mass is 9.93. The van der Waals surface area contributed by atoms with Gasteiger partial charge in [0.1, 0.15) is 23.4 Å². The third-order valence-electron chi connectivity index (χ3n) is 4.49. The zero-order valence-corrected chi connectivity index (χ0v) is 15.7. The Bertz CT molecular complexity index is 722. The number of amides is 1. The number of benzene rings is 2. The van der Waals surface area contributed by atoms with Gasteiger partial charge in [-0.15, -0.1) is 0 Å². The van der Waals surface area contributed by atoms with Crippen LogP contribution in [0.2, 0.25) is 0 Å². The quantitative estimate of drug-likeness (QED) is 0.770. The normalized spacial score (nSPS) is 12.5. The Morgan fingerprint density at radius 3 is 2.00 bits per heavy atom. The van der Waals surface area contributed by atoms with Gasteiger partial charge in [-0.3, -0.25) is 4.79 Å². The van der Waals surface area contributed by atoms with Crippen LogP contribution in [0.4, 0.5) is 14.5 Å². The molecule has 0 bridgehead atoms. The standard InChI is InChI=1S/C21H26F2N2O/c1-13(2)15-8-10-16(11-9-15)20(14(3)4)24-12-19(26)25-21-17(22)6-5-7-18(21)23/h5-11,13-14,20,24H,12H2,1-4H3,(H,25,26)/p+1/t20-/m1/s1. The minimum absolute atomic E-state index is 0.0859. The van der Waals surface area contributed by atoms with Gasteiger partial charge in [-0.25, -0.2) is 8.78 Å². The Kier molecular flexibility index (Phi) is 6.86. The number of rotatable bonds is 7. The summed E-state index contributed by atoms with van der Waals surface area (Å²) in [5.41, 5.74) is 2.01. The van der Waals surface area contributed by atoms with Crippen molar-refractivity contribution in [3.05, 3.63) is 65.2 Å². The van der Waals surface area contributed by atoms with E-state index in [4.69, 9.17) is 0 Å². The molecule has 0 aromatic heterocycles. The Hall–Kier alpha value is -2.27. The van der Waals surface area contributed by atoms with Crippen molar-refractivity contribution in [2.24, 2.45) is 5.92 Å². The van der Waals surface area contributed by atoms with E-state index in [1.807, 2.05) is 5.32 Å². The van der Waals surface area contributed by atoms with Gasteiger partial charge in [0.15, 0.2) is 6.54 Å². The van der Waals surface area contributed by atoms with Crippen molar-refractivity contribution in [3.63, 3.8) is 0 Å². The topological polar surface area (TPSA) is 45.7 Å². The Balaban J connectivity index is 2.03. The van der Waals surface area contributed by atoms with Gasteiger partial charge in [-0.05, 0) is 23.6 Å². The first kappa shape index (κ1) is 20.0. The molecule has 0 spiro atoms. The molecule has 0 aliphatic heterocycles. The van der Waals surface area contributed by atoms with Crippen molar-refractivity contribution >= 4 is 11.6 Å². The summed E-state index contributed by atoms with van der Waals surface area (Å²) in [6.45, 7) is 8.56. The van der Waals surface area contributed by atoms with Crippen LogP contribution in [0.1, 0.15) is 50.8 Å². The summed E-state index contributed by atoms with van der Waals surface area (Å²) in [6.07, 6.45) is 0. The minimum Gasteiger partial charge on any atom is -0.332 e. The van der Waals surface area contributed by atoms with Gasteiger partial charge >= 0.3 is 0 Å². The van der Waals surface area contributed by atoms with E-state index in [1.54, 1.807) is 0 Å². The molecule has 140 valence electrons. The Labute approximate surface area is 153 Å². The van der Waals surface area contributed by atoms with Crippen molar-refractivity contribution in [1.29, 1.82) is 0 Å². The smallest absolute Gasteiger partial charge is 0.279 e. The van der Waals surface area contributed by atoms with E-state index in [2.05, 4.69) is 57.3 Å². The van der Waals surface area contributed by atoms with E-state index in [1.165, 1.54) is 11.6 Å². The van der Waals surface area contributed by atoms with Crippen LogP contribution in [0.5, 0.6) is 0 Å². The van der Waals surface area contributed by atoms with Crippen LogP contribution < -0.4 is 10.6 Å². The average Bonchev–Trinajstić information content (AvgIpc) is 2.58. The maximum atomic E-state index is 13.6. The highest BCUT2D eigenvalue weighted by atomic mass is 19.1. The van der Waals surface area contributed by atoms with Crippen molar-refractivity contribution in [1.82, 2.24) is 0 Å². The number of nitrogens with two attached hydrogens (primary N) is 1. The lowest BCUT2D eigenvalue weighted by Crippen LogP contribution is -2.88. The number of halogens is 2. The van der Waals surface area contributed by atoms with Crippen molar-refractivity contribution < 1.29 is 18.9 Å². The van der Waals surface area contributed by atoms with E-state index < -0.39 is 23.2 Å². The minimum atomic E-state index is -0.775. The molecule has 5 heteroatoms. The molecular formula is C21H27F2N2O+. The molecule has 0 fully saturated rings. The molecule has 0 radical (unpaired) electrons. The van der Waals surface area contributed by atoms with E-state index in [-0.39, 0.29) is 12.6 Å². The molecule has 1 amide bonds. The first-order valence-electron chi connectivity index (χ1n) is 8.96. The molecule has 1 atom stereocenters. The third-order valence-corrected chi connectivity index (χ3v) is 4.49. The maximum absolute atomic E-state index is 13.6. The maximum Gasteiger partial charge on any atom is 0.279 e. The lowest BCUT2D eigenvalue weighted by Gasteiger charge is -2.20. The molecule has 0 saturated carbocycles. The number of carbonyl (C=O) groups excluding carboxylic acids is 1. The van der Waals surface area contributed by atoms with E-state index in [9.17, 15) is 13.6 Å². The molecule has 3 nitrogen and oxygen atoms in total. The summed E-state index contributed by atoms with van der Waals surface area (Å²) in [5.74, 6) is -1.21. The van der Waals surface area contributed by atoms with Crippen molar-refractivity contribution in [2.75, 3.05) is 11.9 Å². The Morgan fingerprint density at radius 1 is 0.962 bits per heavy atom. The fraction of sp³-hybridized carbons (Fsp3) is 0.381. The lowest BCUT2D eigenvalue weighted by molar-refractivity contribution is -0.692. The predicted molar refractivity (Wildman–Crippen MR) is 99.9 cm³/mol. The second-order valence-electron chi connectivity index (χ2n) is 7.18.